The van der Waals surface area contributed by atoms with Crippen LogP contribution in [0.4, 0.5) is 5.95 Å². The Morgan fingerprint density at radius 2 is 1.93 bits per heavy atom. The average molecular weight is 372 g/mol. The van der Waals surface area contributed by atoms with Gasteiger partial charge in [-0.3, -0.25) is 4.79 Å². The lowest BCUT2D eigenvalue weighted by Gasteiger charge is -2.27. The maximum Gasteiger partial charge on any atom is 0.257 e. The highest BCUT2D eigenvalue weighted by Gasteiger charge is 2.35. The molecule has 0 unspecified atom stereocenters. The molecule has 9 nitrogen and oxygen atoms in total. The predicted molar refractivity (Wildman–Crippen MR) is 96.5 cm³/mol. The molecule has 9 heteroatoms. The lowest BCUT2D eigenvalue weighted by Crippen LogP contribution is -2.37. The number of hydrogen-bond acceptors (Lipinski definition) is 8. The van der Waals surface area contributed by atoms with Crippen LogP contribution in [0, 0.1) is 0 Å². The molecule has 27 heavy (non-hydrogen) atoms. The van der Waals surface area contributed by atoms with Gasteiger partial charge in [0.25, 0.3) is 5.91 Å². The first-order chi connectivity index (χ1) is 13.1. The molecule has 2 aromatic heterocycles. The molecule has 0 aliphatic carbocycles. The molecule has 2 aromatic rings. The van der Waals surface area contributed by atoms with Gasteiger partial charge in [-0.2, -0.15) is 4.98 Å². The Kier molecular flexibility index (Phi) is 5.02. The highest BCUT2D eigenvalue weighted by atomic mass is 16.5. The topological polar surface area (TPSA) is 97.5 Å². The van der Waals surface area contributed by atoms with Crippen LogP contribution < -0.4 is 4.90 Å². The number of ether oxygens (including phenoxy) is 1. The molecule has 4 heterocycles. The predicted octanol–water partition coefficient (Wildman–Crippen LogP) is 1.80. The maximum absolute atomic E-state index is 13.0. The molecule has 0 saturated carbocycles. The summed E-state index contributed by atoms with van der Waals surface area (Å²) in [7, 11) is 0. The zero-order valence-electron chi connectivity index (χ0n) is 15.7. The standard InChI is InChI=1S/C18H24N6O3/c1-12(2)15-21-16(27-22-15)14-4-3-5-24(14)17(25)13-10-19-18(20-11-13)23-6-8-26-9-7-23/h10-12,14H,3-9H2,1-2H3/t14-/m1/s1. The summed E-state index contributed by atoms with van der Waals surface area (Å²) < 4.78 is 10.8. The van der Waals surface area contributed by atoms with Crippen molar-refractivity contribution in [2.24, 2.45) is 0 Å². The zero-order chi connectivity index (χ0) is 18.8. The Labute approximate surface area is 157 Å². The van der Waals surface area contributed by atoms with E-state index in [0.717, 1.165) is 25.9 Å². The smallest absolute Gasteiger partial charge is 0.257 e. The second-order valence-corrected chi connectivity index (χ2v) is 7.17. The lowest BCUT2D eigenvalue weighted by atomic mass is 10.2. The first-order valence-electron chi connectivity index (χ1n) is 9.42. The molecule has 1 atom stereocenters. The maximum atomic E-state index is 13.0. The van der Waals surface area contributed by atoms with E-state index in [4.69, 9.17) is 9.26 Å². The van der Waals surface area contributed by atoms with Crippen molar-refractivity contribution in [3.8, 4) is 0 Å². The van der Waals surface area contributed by atoms with Gasteiger partial charge in [-0.15, -0.1) is 0 Å². The van der Waals surface area contributed by atoms with E-state index in [1.807, 2.05) is 13.8 Å². The van der Waals surface area contributed by atoms with E-state index < -0.39 is 0 Å². The molecule has 0 bridgehead atoms. The number of likely N-dealkylation sites (tertiary alicyclic amines) is 1. The molecule has 0 aromatic carbocycles. The fourth-order valence-electron chi connectivity index (χ4n) is 3.41. The Bertz CT molecular complexity index is 785. The minimum Gasteiger partial charge on any atom is -0.378 e. The van der Waals surface area contributed by atoms with Crippen LogP contribution in [0.15, 0.2) is 16.9 Å². The van der Waals surface area contributed by atoms with Crippen molar-refractivity contribution in [1.29, 1.82) is 0 Å². The monoisotopic (exact) mass is 372 g/mol. The van der Waals surface area contributed by atoms with Crippen molar-refractivity contribution in [3.05, 3.63) is 29.7 Å². The van der Waals surface area contributed by atoms with Gasteiger partial charge in [0.2, 0.25) is 11.8 Å². The molecule has 0 spiro atoms. The van der Waals surface area contributed by atoms with Gasteiger partial charge in [0.15, 0.2) is 5.82 Å². The molecular formula is C18H24N6O3. The first-order valence-corrected chi connectivity index (χ1v) is 9.42. The molecule has 2 saturated heterocycles. The van der Waals surface area contributed by atoms with Gasteiger partial charge >= 0.3 is 0 Å². The van der Waals surface area contributed by atoms with Gasteiger partial charge in [-0.1, -0.05) is 19.0 Å². The second kappa shape index (κ2) is 7.59. The number of rotatable bonds is 4. The van der Waals surface area contributed by atoms with Crippen molar-refractivity contribution in [2.45, 2.75) is 38.6 Å². The number of carbonyl (C=O) groups excluding carboxylic acids is 1. The molecule has 2 fully saturated rings. The van der Waals surface area contributed by atoms with E-state index in [0.29, 0.717) is 43.0 Å². The van der Waals surface area contributed by atoms with Crippen molar-refractivity contribution in [3.63, 3.8) is 0 Å². The first kappa shape index (κ1) is 17.8. The third kappa shape index (κ3) is 3.64. The largest absolute Gasteiger partial charge is 0.378 e. The van der Waals surface area contributed by atoms with E-state index >= 15 is 0 Å². The molecule has 2 aliphatic rings. The summed E-state index contributed by atoms with van der Waals surface area (Å²) >= 11 is 0. The minimum absolute atomic E-state index is 0.102. The summed E-state index contributed by atoms with van der Waals surface area (Å²) in [5.41, 5.74) is 0.475. The summed E-state index contributed by atoms with van der Waals surface area (Å²) in [6.07, 6.45) is 4.92. The highest BCUT2D eigenvalue weighted by Crippen LogP contribution is 2.32. The van der Waals surface area contributed by atoms with E-state index in [2.05, 4.69) is 25.0 Å². The van der Waals surface area contributed by atoms with Gasteiger partial charge in [0.05, 0.1) is 18.8 Å². The van der Waals surface area contributed by atoms with Gasteiger partial charge in [0.1, 0.15) is 6.04 Å². The lowest BCUT2D eigenvalue weighted by molar-refractivity contribution is 0.0709. The molecule has 1 amide bonds. The Morgan fingerprint density at radius 1 is 1.19 bits per heavy atom. The number of anilines is 1. The number of nitrogens with zero attached hydrogens (tertiary/aromatic N) is 6. The quantitative estimate of drug-likeness (QED) is 0.801. The molecule has 144 valence electrons. The van der Waals surface area contributed by atoms with Crippen LogP contribution in [0.1, 0.15) is 60.7 Å². The average Bonchev–Trinajstić information content (AvgIpc) is 3.37. The molecule has 0 N–H and O–H groups in total. The Morgan fingerprint density at radius 3 is 2.59 bits per heavy atom. The van der Waals surface area contributed by atoms with Crippen molar-refractivity contribution >= 4 is 11.9 Å². The molecular weight excluding hydrogens is 348 g/mol. The summed E-state index contributed by atoms with van der Waals surface area (Å²) in [5, 5.41) is 4.03. The van der Waals surface area contributed by atoms with Crippen LogP contribution in [-0.4, -0.2) is 63.8 Å². The fourth-order valence-corrected chi connectivity index (χ4v) is 3.41. The van der Waals surface area contributed by atoms with Gasteiger partial charge < -0.3 is 19.1 Å². The normalized spacial score (nSPS) is 20.5. The summed E-state index contributed by atoms with van der Waals surface area (Å²) in [6, 6.07) is -0.184. The van der Waals surface area contributed by atoms with Crippen LogP contribution in [0.2, 0.25) is 0 Å². The van der Waals surface area contributed by atoms with Gasteiger partial charge in [-0.05, 0) is 12.8 Å². The summed E-state index contributed by atoms with van der Waals surface area (Å²) in [5.74, 6) is 1.90. The van der Waals surface area contributed by atoms with E-state index in [-0.39, 0.29) is 17.9 Å². The third-order valence-corrected chi connectivity index (χ3v) is 4.95. The molecule has 0 radical (unpaired) electrons. The zero-order valence-corrected chi connectivity index (χ0v) is 15.7. The van der Waals surface area contributed by atoms with Crippen molar-refractivity contribution < 1.29 is 14.1 Å². The summed E-state index contributed by atoms with van der Waals surface area (Å²) in [4.78, 5) is 30.1. The van der Waals surface area contributed by atoms with E-state index in [9.17, 15) is 4.79 Å². The number of carbonyl (C=O) groups is 1. The highest BCUT2D eigenvalue weighted by molar-refractivity contribution is 5.94. The second-order valence-electron chi connectivity index (χ2n) is 7.17. The number of amides is 1. The van der Waals surface area contributed by atoms with Crippen molar-refractivity contribution in [1.82, 2.24) is 25.0 Å². The summed E-state index contributed by atoms with van der Waals surface area (Å²) in [6.45, 7) is 7.55. The third-order valence-electron chi connectivity index (χ3n) is 4.95. The van der Waals surface area contributed by atoms with Gasteiger partial charge in [-0.25, -0.2) is 9.97 Å². The van der Waals surface area contributed by atoms with Crippen LogP contribution in [0.5, 0.6) is 0 Å². The van der Waals surface area contributed by atoms with Gasteiger partial charge in [0, 0.05) is 37.9 Å². The Hall–Kier alpha value is -2.55. The minimum atomic E-state index is -0.184. The van der Waals surface area contributed by atoms with Crippen LogP contribution in [-0.2, 0) is 4.74 Å². The number of hydrogen-bond donors (Lipinski definition) is 0. The molecule has 2 aliphatic heterocycles. The number of aromatic nitrogens is 4. The molecule has 4 rings (SSSR count). The van der Waals surface area contributed by atoms with E-state index in [1.165, 1.54) is 0 Å². The van der Waals surface area contributed by atoms with Crippen LogP contribution in [0.25, 0.3) is 0 Å². The van der Waals surface area contributed by atoms with Crippen LogP contribution in [0.3, 0.4) is 0 Å². The van der Waals surface area contributed by atoms with Crippen LogP contribution >= 0.6 is 0 Å². The fraction of sp³-hybridized carbons (Fsp3) is 0.611. The SMILES string of the molecule is CC(C)c1noc([C@H]2CCCN2C(=O)c2cnc(N3CCOCC3)nc2)n1. The Balaban J connectivity index is 1.49. The van der Waals surface area contributed by atoms with Crippen molar-refractivity contribution in [2.75, 3.05) is 37.7 Å². The number of morpholine rings is 1. The van der Waals surface area contributed by atoms with E-state index in [1.54, 1.807) is 17.3 Å².